The van der Waals surface area contributed by atoms with Crippen LogP contribution in [-0.4, -0.2) is 5.11 Å². The van der Waals surface area contributed by atoms with E-state index in [2.05, 4.69) is 17.5 Å². The molecule has 0 aliphatic rings. The first-order valence-corrected chi connectivity index (χ1v) is 6.67. The van der Waals surface area contributed by atoms with E-state index in [1.165, 1.54) is 12.1 Å². The Hall–Kier alpha value is 1.03. The van der Waals surface area contributed by atoms with Crippen LogP contribution in [0, 0.1) is 0 Å². The molecule has 2 unspecified atom stereocenters. The van der Waals surface area contributed by atoms with Gasteiger partial charge >= 0.3 is 75.2 Å². The molecule has 6 nitrogen and oxygen atoms in total. The molecule has 0 heterocycles. The van der Waals surface area contributed by atoms with Crippen molar-refractivity contribution in [3.63, 3.8) is 0 Å². The van der Waals surface area contributed by atoms with E-state index in [1.807, 2.05) is 0 Å². The molecule has 1 aromatic rings. The van der Waals surface area contributed by atoms with Crippen LogP contribution in [0.4, 0.5) is 5.69 Å². The zero-order chi connectivity index (χ0) is 12.3. The van der Waals surface area contributed by atoms with Crippen molar-refractivity contribution in [3.8, 4) is 0 Å². The van der Waals surface area contributed by atoms with E-state index < -0.39 is 16.1 Å². The summed E-state index contributed by atoms with van der Waals surface area (Å²) < 4.78 is 21.5. The monoisotopic (exact) mass is 324 g/mol. The number of benzene rings is 1. The topological polar surface area (TPSA) is 118 Å². The van der Waals surface area contributed by atoms with Crippen molar-refractivity contribution in [2.45, 2.75) is 0 Å². The Bertz CT molecular complexity index is 466. The Kier molecular flexibility index (Phi) is 11.7. The van der Waals surface area contributed by atoms with E-state index in [0.29, 0.717) is 0 Å². The van der Waals surface area contributed by atoms with E-state index in [4.69, 9.17) is 5.73 Å². The van der Waals surface area contributed by atoms with Gasteiger partial charge in [-0.25, -0.2) is 0 Å². The number of hydrogen-bond donors (Lipinski definition) is 2. The Morgan fingerprint density at radius 1 is 1.17 bits per heavy atom. The van der Waals surface area contributed by atoms with Crippen molar-refractivity contribution < 1.29 is 80.9 Å². The fourth-order valence-corrected chi connectivity index (χ4v) is 2.22. The van der Waals surface area contributed by atoms with Gasteiger partial charge in [0.05, 0.1) is 0 Å². The van der Waals surface area contributed by atoms with E-state index in [9.17, 15) is 18.9 Å². The summed E-state index contributed by atoms with van der Waals surface area (Å²) >= 11 is 4.56. The van der Waals surface area contributed by atoms with E-state index in [1.54, 1.807) is 0 Å². The second-order valence-corrected chi connectivity index (χ2v) is 5.24. The Balaban J connectivity index is -0.000000320. The minimum Gasteiger partial charge on any atom is -1.00 e. The Labute approximate surface area is 158 Å². The molecule has 3 N–H and O–H groups in total. The summed E-state index contributed by atoms with van der Waals surface area (Å²) in [5, 5.41) is 2.15. The quantitative estimate of drug-likeness (QED) is 0.322. The van der Waals surface area contributed by atoms with Crippen molar-refractivity contribution in [1.82, 2.24) is 0 Å². The second kappa shape index (κ2) is 9.86. The summed E-state index contributed by atoms with van der Waals surface area (Å²) in [4.78, 5) is 21.5. The minimum absolute atomic E-state index is 0. The van der Waals surface area contributed by atoms with Gasteiger partial charge in [-0.1, -0.05) is 9.13 Å². The molecule has 18 heavy (non-hydrogen) atoms. The van der Waals surface area contributed by atoms with Gasteiger partial charge in [-0.2, -0.15) is 0 Å². The standard InChI is InChI=1S/C7H6N2O4P2S.2Na.2H/c8-7(16)9-4-1-5(14(10)11)3-6(2-4)15(12)13;;;;/h1-3H,(H3,8,9,16);;;;/q;2*+1;2*-1. The van der Waals surface area contributed by atoms with Gasteiger partial charge in [0.1, 0.15) is 0 Å². The van der Waals surface area contributed by atoms with Crippen LogP contribution in [0.2, 0.25) is 0 Å². The molecular weight excluding hydrogens is 316 g/mol. The van der Waals surface area contributed by atoms with Crippen LogP contribution < -0.4 is 90.6 Å². The van der Waals surface area contributed by atoms with Crippen LogP contribution in [0.5, 0.6) is 0 Å². The molecule has 88 valence electrons. The molecule has 0 aromatic heterocycles. The number of anilines is 1. The normalized spacial score (nSPS) is 10.6. The number of hydrogen-bond acceptors (Lipinski definition) is 5. The fourth-order valence-electron chi connectivity index (χ4n) is 1.02. The van der Waals surface area contributed by atoms with Crippen LogP contribution in [0.25, 0.3) is 0 Å². The summed E-state index contributed by atoms with van der Waals surface area (Å²) in [5.74, 6) is 0. The van der Waals surface area contributed by atoms with Crippen LogP contribution in [0.15, 0.2) is 18.2 Å². The summed E-state index contributed by atoms with van der Waals surface area (Å²) in [6, 6.07) is 3.54. The van der Waals surface area contributed by atoms with E-state index in [0.717, 1.165) is 6.07 Å². The molecule has 0 radical (unpaired) electrons. The van der Waals surface area contributed by atoms with Crippen LogP contribution in [0.1, 0.15) is 2.85 Å². The Morgan fingerprint density at radius 2 is 1.56 bits per heavy atom. The van der Waals surface area contributed by atoms with Gasteiger partial charge < -0.3 is 23.7 Å². The third-order valence-electron chi connectivity index (χ3n) is 1.59. The molecule has 1 rings (SSSR count). The van der Waals surface area contributed by atoms with Gasteiger partial charge in [-0.05, 0) is 12.2 Å². The van der Waals surface area contributed by atoms with Crippen molar-refractivity contribution >= 4 is 49.7 Å². The maximum Gasteiger partial charge on any atom is 1.00 e. The van der Waals surface area contributed by atoms with E-state index in [-0.39, 0.29) is 83.4 Å². The van der Waals surface area contributed by atoms with Gasteiger partial charge in [0.15, 0.2) is 15.7 Å². The first-order chi connectivity index (χ1) is 7.40. The first kappa shape index (κ1) is 21.3. The first-order valence-electron chi connectivity index (χ1n) is 3.90. The van der Waals surface area contributed by atoms with Gasteiger partial charge in [-0.3, -0.25) is 0 Å². The average molecular weight is 324 g/mol. The van der Waals surface area contributed by atoms with Crippen molar-refractivity contribution in [2.75, 3.05) is 5.32 Å². The average Bonchev–Trinajstić information content (AvgIpc) is 2.15. The largest absolute Gasteiger partial charge is 1.00 e. The number of thiocarbonyl (C=S) groups is 1. The number of nitrogens with two attached hydrogens (primary N) is 1. The van der Waals surface area contributed by atoms with Crippen LogP contribution in [0.3, 0.4) is 0 Å². The molecule has 2 atom stereocenters. The van der Waals surface area contributed by atoms with Gasteiger partial charge in [0.25, 0.3) is 0 Å². The predicted molar refractivity (Wildman–Crippen MR) is 63.6 cm³/mol. The molecule has 0 aliphatic carbocycles. The number of nitrogens with one attached hydrogen (secondary N) is 1. The molecule has 0 amide bonds. The maximum absolute atomic E-state index is 10.8. The van der Waals surface area contributed by atoms with E-state index >= 15 is 0 Å². The fraction of sp³-hybridized carbons (Fsp3) is 0. The van der Waals surface area contributed by atoms with Gasteiger partial charge in [0.2, 0.25) is 0 Å². The summed E-state index contributed by atoms with van der Waals surface area (Å²) in [6.45, 7) is 0. The molecule has 11 heteroatoms. The summed E-state index contributed by atoms with van der Waals surface area (Å²) in [6.07, 6.45) is 0. The molecule has 0 bridgehead atoms. The van der Waals surface area contributed by atoms with Crippen molar-refractivity contribution in [2.24, 2.45) is 5.73 Å². The SMILES string of the molecule is NC(=S)Nc1cc([P+](=O)[O-])cc([P+](=O)[O-])c1.[H-].[H-].[Na+].[Na+]. The molecule has 0 saturated heterocycles. The van der Waals surface area contributed by atoms with Gasteiger partial charge in [-0.15, -0.1) is 0 Å². The maximum atomic E-state index is 10.8. The zero-order valence-electron chi connectivity index (χ0n) is 11.7. The van der Waals surface area contributed by atoms with Crippen molar-refractivity contribution in [3.05, 3.63) is 18.2 Å². The molecule has 0 fully saturated rings. The third kappa shape index (κ3) is 6.98. The summed E-state index contributed by atoms with van der Waals surface area (Å²) in [5.41, 5.74) is 5.42. The molecule has 1 aromatic carbocycles. The molecule has 0 aliphatic heterocycles. The van der Waals surface area contributed by atoms with Crippen molar-refractivity contribution in [1.29, 1.82) is 0 Å². The smallest absolute Gasteiger partial charge is 1.00 e. The van der Waals surface area contributed by atoms with Crippen LogP contribution in [-0.2, 0) is 9.13 Å². The third-order valence-corrected chi connectivity index (χ3v) is 3.05. The summed E-state index contributed by atoms with van der Waals surface area (Å²) in [7, 11) is -5.74. The minimum atomic E-state index is -2.87. The van der Waals surface area contributed by atoms with Gasteiger partial charge in [0, 0.05) is 23.9 Å². The molecule has 0 saturated carbocycles. The number of rotatable bonds is 3. The zero-order valence-corrected chi connectivity index (χ0v) is 16.4. The predicted octanol–water partition coefficient (Wildman–Crippen LogP) is -6.97. The Morgan fingerprint density at radius 3 is 1.83 bits per heavy atom. The second-order valence-electron chi connectivity index (χ2n) is 2.74. The molecule has 0 spiro atoms. The molecular formula is C7H8N2Na2O4P2S. The van der Waals surface area contributed by atoms with Crippen LogP contribution >= 0.6 is 28.3 Å².